The summed E-state index contributed by atoms with van der Waals surface area (Å²) in [6, 6.07) is 34.1. The van der Waals surface area contributed by atoms with Gasteiger partial charge >= 0.3 is 0 Å². The first-order valence-corrected chi connectivity index (χ1v) is 10.4. The number of phenols is 2. The number of carboxylic acids is 1. The fourth-order valence-corrected chi connectivity index (χ4v) is 4.83. The van der Waals surface area contributed by atoms with Crippen LogP contribution in [-0.4, -0.2) is 16.2 Å². The maximum Gasteiger partial charge on any atom is 0.166 e. The van der Waals surface area contributed by atoms with E-state index >= 15 is 0 Å². The number of benzene rings is 4. The molecule has 0 amide bonds. The predicted molar refractivity (Wildman–Crippen MR) is 116 cm³/mol. The van der Waals surface area contributed by atoms with Crippen LogP contribution in [0, 0.1) is 0 Å². The molecule has 0 heterocycles. The number of hydrogen-bond acceptors (Lipinski definition) is 4. The highest BCUT2D eigenvalue weighted by Gasteiger charge is 2.27. The minimum Gasteiger partial charge on any atom is -0.545 e. The summed E-state index contributed by atoms with van der Waals surface area (Å²) in [5, 5.41) is 28.5. The molecular formula is C25H20O4S. The molecule has 0 fully saturated rings. The van der Waals surface area contributed by atoms with Gasteiger partial charge in [0.2, 0.25) is 0 Å². The van der Waals surface area contributed by atoms with Gasteiger partial charge in [0, 0.05) is 5.56 Å². The zero-order chi connectivity index (χ0) is 21.3. The van der Waals surface area contributed by atoms with Gasteiger partial charge in [0.1, 0.15) is 11.5 Å². The van der Waals surface area contributed by atoms with E-state index < -0.39 is 5.97 Å². The molecule has 5 heteroatoms. The van der Waals surface area contributed by atoms with E-state index in [1.54, 1.807) is 18.2 Å². The van der Waals surface area contributed by atoms with Gasteiger partial charge in [-0.3, -0.25) is 0 Å². The summed E-state index contributed by atoms with van der Waals surface area (Å²) in [6.45, 7) is 0. The number of rotatable bonds is 4. The third kappa shape index (κ3) is 5.43. The maximum absolute atomic E-state index is 10.2. The highest BCUT2D eigenvalue weighted by Crippen LogP contribution is 2.31. The minimum absolute atomic E-state index is 0.134. The van der Waals surface area contributed by atoms with Crippen molar-refractivity contribution in [3.63, 3.8) is 0 Å². The highest BCUT2D eigenvalue weighted by molar-refractivity contribution is 7.97. The second kappa shape index (κ2) is 10.2. The molecule has 0 unspecified atom stereocenters. The first-order valence-electron chi connectivity index (χ1n) is 9.19. The molecule has 0 saturated carbocycles. The van der Waals surface area contributed by atoms with Crippen molar-refractivity contribution in [1.82, 2.24) is 0 Å². The molecule has 30 heavy (non-hydrogen) atoms. The van der Waals surface area contributed by atoms with Crippen molar-refractivity contribution in [3.8, 4) is 11.5 Å². The normalized spacial score (nSPS) is 10.2. The van der Waals surface area contributed by atoms with E-state index in [0.717, 1.165) is 0 Å². The molecule has 4 aromatic rings. The van der Waals surface area contributed by atoms with E-state index in [4.69, 9.17) is 5.11 Å². The standard InChI is InChI=1S/C18H14OS.C7H6O3/c19-15-11-13-18(14-12-15)20(16-7-3-1-4-8-16)17-9-5-2-6-10-17;8-6-4-2-1-3-5(6)7(9)10/h1-14H;1-4,8H,(H,9,10). The highest BCUT2D eigenvalue weighted by atomic mass is 32.2. The number of aromatic hydroxyl groups is 2. The lowest BCUT2D eigenvalue weighted by molar-refractivity contribution is -0.255. The van der Waals surface area contributed by atoms with Crippen LogP contribution in [0.3, 0.4) is 0 Å². The Morgan fingerprint density at radius 3 is 1.47 bits per heavy atom. The van der Waals surface area contributed by atoms with Crippen molar-refractivity contribution in [2.75, 3.05) is 0 Å². The molecule has 4 rings (SSSR count). The van der Waals surface area contributed by atoms with E-state index in [9.17, 15) is 15.0 Å². The molecule has 0 aliphatic heterocycles. The van der Waals surface area contributed by atoms with Gasteiger partial charge in [0.05, 0.1) is 16.9 Å². The Labute approximate surface area is 178 Å². The third-order valence-electron chi connectivity index (χ3n) is 4.15. The molecular weight excluding hydrogens is 396 g/mol. The number of carboxylic acid groups (broad SMARTS) is 1. The van der Waals surface area contributed by atoms with E-state index in [1.165, 1.54) is 32.9 Å². The molecule has 0 radical (unpaired) electrons. The van der Waals surface area contributed by atoms with Crippen molar-refractivity contribution < 1.29 is 20.1 Å². The smallest absolute Gasteiger partial charge is 0.166 e. The predicted octanol–water partition coefficient (Wildman–Crippen LogP) is 4.24. The fraction of sp³-hybridized carbons (Fsp3) is 0. The van der Waals surface area contributed by atoms with Crippen molar-refractivity contribution in [2.45, 2.75) is 14.7 Å². The third-order valence-corrected chi connectivity index (χ3v) is 6.38. The number of hydrogen-bond donors (Lipinski definition) is 2. The molecule has 2 N–H and O–H groups in total. The SMILES string of the molecule is O=C([O-])c1ccccc1O.Oc1ccc([S+](c2ccccc2)c2ccccc2)cc1. The molecule has 0 atom stereocenters. The van der Waals surface area contributed by atoms with Crippen LogP contribution in [0.2, 0.25) is 0 Å². The Morgan fingerprint density at radius 1 is 0.600 bits per heavy atom. The van der Waals surface area contributed by atoms with Crippen LogP contribution in [-0.2, 0) is 10.9 Å². The van der Waals surface area contributed by atoms with Crippen molar-refractivity contribution >= 4 is 16.9 Å². The topological polar surface area (TPSA) is 80.6 Å². The van der Waals surface area contributed by atoms with Crippen molar-refractivity contribution in [3.05, 3.63) is 115 Å². The molecule has 4 nitrogen and oxygen atoms in total. The molecule has 0 spiro atoms. The van der Waals surface area contributed by atoms with Crippen LogP contribution in [0.1, 0.15) is 10.4 Å². The van der Waals surface area contributed by atoms with Crippen LogP contribution in [0.4, 0.5) is 0 Å². The summed E-state index contributed by atoms with van der Waals surface area (Å²) in [7, 11) is -0.134. The minimum atomic E-state index is -1.36. The van der Waals surface area contributed by atoms with E-state index in [0.29, 0.717) is 5.75 Å². The average molecular weight is 416 g/mol. The zero-order valence-electron chi connectivity index (χ0n) is 16.0. The quantitative estimate of drug-likeness (QED) is 0.488. The Balaban J connectivity index is 0.000000216. The number of phenolic OH excluding ortho intramolecular Hbond substituents is 1. The van der Waals surface area contributed by atoms with E-state index in [1.807, 2.05) is 24.3 Å². The van der Waals surface area contributed by atoms with Gasteiger partial charge < -0.3 is 20.1 Å². The first kappa shape index (κ1) is 21.0. The maximum atomic E-state index is 10.2. The second-order valence-corrected chi connectivity index (χ2v) is 8.26. The number of carbonyl (C=O) groups is 1. The van der Waals surface area contributed by atoms with Crippen LogP contribution >= 0.6 is 0 Å². The summed E-state index contributed by atoms with van der Waals surface area (Å²) in [6.07, 6.45) is 0. The monoisotopic (exact) mass is 416 g/mol. The van der Waals surface area contributed by atoms with E-state index in [-0.39, 0.29) is 22.2 Å². The first-order chi connectivity index (χ1) is 14.6. The van der Waals surface area contributed by atoms with Gasteiger partial charge in [0.15, 0.2) is 14.7 Å². The van der Waals surface area contributed by atoms with Gasteiger partial charge in [-0.1, -0.05) is 48.5 Å². The number of aromatic carboxylic acids is 1. The van der Waals surface area contributed by atoms with Crippen molar-refractivity contribution in [1.29, 1.82) is 0 Å². The molecule has 0 aromatic heterocycles. The summed E-state index contributed by atoms with van der Waals surface area (Å²) in [4.78, 5) is 13.9. The fourth-order valence-electron chi connectivity index (χ4n) is 2.75. The van der Waals surface area contributed by atoms with Crippen LogP contribution in [0.25, 0.3) is 0 Å². The zero-order valence-corrected chi connectivity index (χ0v) is 16.8. The molecule has 0 aliphatic carbocycles. The Bertz CT molecular complexity index is 1040. The van der Waals surface area contributed by atoms with Gasteiger partial charge in [-0.25, -0.2) is 0 Å². The van der Waals surface area contributed by atoms with Gasteiger partial charge in [0.25, 0.3) is 0 Å². The number of para-hydroxylation sites is 1. The Hall–Kier alpha value is -3.70. The lowest BCUT2D eigenvalue weighted by Gasteiger charge is -2.07. The Kier molecular flexibility index (Phi) is 7.14. The molecule has 0 aliphatic rings. The second-order valence-electron chi connectivity index (χ2n) is 6.23. The molecule has 4 aromatic carbocycles. The molecule has 0 bridgehead atoms. The van der Waals surface area contributed by atoms with Gasteiger partial charge in [-0.05, 0) is 60.7 Å². The molecule has 150 valence electrons. The van der Waals surface area contributed by atoms with Gasteiger partial charge in [-0.2, -0.15) is 0 Å². The Morgan fingerprint density at radius 2 is 1.03 bits per heavy atom. The van der Waals surface area contributed by atoms with Crippen molar-refractivity contribution in [2.24, 2.45) is 0 Å². The average Bonchev–Trinajstić information content (AvgIpc) is 2.77. The van der Waals surface area contributed by atoms with Gasteiger partial charge in [-0.15, -0.1) is 0 Å². The lowest BCUT2D eigenvalue weighted by atomic mass is 10.2. The molecule has 0 saturated heterocycles. The number of carbonyl (C=O) groups excluding carboxylic acids is 1. The summed E-state index contributed by atoms with van der Waals surface area (Å²) < 4.78 is 0. The largest absolute Gasteiger partial charge is 0.545 e. The lowest BCUT2D eigenvalue weighted by Crippen LogP contribution is -2.22. The summed E-state index contributed by atoms with van der Waals surface area (Å²) in [5.41, 5.74) is -0.178. The van der Waals surface area contributed by atoms with Crippen LogP contribution < -0.4 is 5.11 Å². The van der Waals surface area contributed by atoms with Crippen LogP contribution in [0.5, 0.6) is 11.5 Å². The van der Waals surface area contributed by atoms with E-state index in [2.05, 4.69) is 48.5 Å². The van der Waals surface area contributed by atoms with Crippen LogP contribution in [0.15, 0.2) is 124 Å². The summed E-state index contributed by atoms with van der Waals surface area (Å²) >= 11 is 0. The summed E-state index contributed by atoms with van der Waals surface area (Å²) in [5.74, 6) is -1.32.